The van der Waals surface area contributed by atoms with Crippen molar-refractivity contribution in [3.05, 3.63) is 34.9 Å². The lowest BCUT2D eigenvalue weighted by molar-refractivity contribution is -0.216. The quantitative estimate of drug-likeness (QED) is 0.392. The smallest absolute Gasteiger partial charge is 0.290 e. The summed E-state index contributed by atoms with van der Waals surface area (Å²) in [7, 11) is 0. The highest BCUT2D eigenvalue weighted by atomic mass is 19.3. The van der Waals surface area contributed by atoms with E-state index >= 15 is 0 Å². The highest BCUT2D eigenvalue weighted by Crippen LogP contribution is 2.47. The van der Waals surface area contributed by atoms with E-state index in [4.69, 9.17) is 0 Å². The van der Waals surface area contributed by atoms with Gasteiger partial charge in [-0.25, -0.2) is 26.3 Å². The fraction of sp³-hybridized carbons (Fsp3) is 0.455. The molecule has 1 nitrogen and oxygen atoms in total. The topological polar surface area (TPSA) is 26.0 Å². The highest BCUT2D eigenvalue weighted by Gasteiger charge is 2.64. The molecular formula is C11H9F8N. The van der Waals surface area contributed by atoms with Gasteiger partial charge in [-0.2, -0.15) is 8.78 Å². The van der Waals surface area contributed by atoms with Crippen LogP contribution in [0.4, 0.5) is 35.1 Å². The second-order valence-corrected chi connectivity index (χ2v) is 4.61. The Morgan fingerprint density at radius 1 is 0.850 bits per heavy atom. The maximum Gasteiger partial charge on any atom is 0.331 e. The van der Waals surface area contributed by atoms with Crippen molar-refractivity contribution in [2.45, 2.75) is 31.2 Å². The van der Waals surface area contributed by atoms with Crippen LogP contribution in [-0.4, -0.2) is 11.6 Å². The van der Waals surface area contributed by atoms with Crippen LogP contribution in [-0.2, 0) is 5.79 Å². The third-order valence-electron chi connectivity index (χ3n) is 2.70. The van der Waals surface area contributed by atoms with Crippen molar-refractivity contribution in [2.24, 2.45) is 5.73 Å². The molecule has 1 unspecified atom stereocenters. The molecule has 0 fully saturated rings. The molecule has 2 N–H and O–H groups in total. The van der Waals surface area contributed by atoms with Crippen molar-refractivity contribution in [3.8, 4) is 0 Å². The first kappa shape index (κ1) is 16.7. The third kappa shape index (κ3) is 2.23. The van der Waals surface area contributed by atoms with Gasteiger partial charge in [0.1, 0.15) is 0 Å². The summed E-state index contributed by atoms with van der Waals surface area (Å²) in [5.74, 6) is -19.1. The van der Waals surface area contributed by atoms with Gasteiger partial charge in [0.05, 0.1) is 5.56 Å². The van der Waals surface area contributed by atoms with Crippen LogP contribution in [0.2, 0.25) is 0 Å². The number of nitrogens with two attached hydrogens (primary N) is 1. The molecule has 0 saturated carbocycles. The average Bonchev–Trinajstić information content (AvgIpc) is 2.29. The number of halogens is 8. The maximum atomic E-state index is 13.9. The zero-order valence-electron chi connectivity index (χ0n) is 10.2. The fourth-order valence-electron chi connectivity index (χ4n) is 1.44. The molecule has 0 heterocycles. The number of rotatable bonds is 3. The van der Waals surface area contributed by atoms with Crippen LogP contribution in [0.15, 0.2) is 6.07 Å². The van der Waals surface area contributed by atoms with Crippen molar-refractivity contribution in [3.63, 3.8) is 0 Å². The average molecular weight is 307 g/mol. The summed E-state index contributed by atoms with van der Waals surface area (Å²) in [4.78, 5) is 0. The zero-order chi connectivity index (χ0) is 16.1. The van der Waals surface area contributed by atoms with E-state index in [-0.39, 0.29) is 19.9 Å². The molecule has 1 atom stereocenters. The molecule has 20 heavy (non-hydrogen) atoms. The Kier molecular flexibility index (Phi) is 3.81. The van der Waals surface area contributed by atoms with Crippen LogP contribution in [0.1, 0.15) is 19.4 Å². The van der Waals surface area contributed by atoms with E-state index in [0.29, 0.717) is 0 Å². The monoisotopic (exact) mass is 307 g/mol. The molecule has 0 aliphatic carbocycles. The van der Waals surface area contributed by atoms with Crippen molar-refractivity contribution in [1.29, 1.82) is 0 Å². The molecule has 0 saturated heterocycles. The third-order valence-corrected chi connectivity index (χ3v) is 2.70. The minimum absolute atomic E-state index is 0.238. The Hall–Kier alpha value is -1.38. The van der Waals surface area contributed by atoms with E-state index in [1.165, 1.54) is 0 Å². The lowest BCUT2D eigenvalue weighted by Crippen LogP contribution is -2.59. The van der Waals surface area contributed by atoms with Crippen LogP contribution < -0.4 is 5.73 Å². The molecule has 0 aromatic heterocycles. The van der Waals surface area contributed by atoms with Crippen molar-refractivity contribution in [2.75, 3.05) is 0 Å². The first-order chi connectivity index (χ1) is 8.75. The van der Waals surface area contributed by atoms with Gasteiger partial charge < -0.3 is 0 Å². The van der Waals surface area contributed by atoms with Gasteiger partial charge in [0, 0.05) is 0 Å². The first-order valence-corrected chi connectivity index (χ1v) is 5.13. The molecule has 0 aliphatic rings. The summed E-state index contributed by atoms with van der Waals surface area (Å²) in [5, 5.41) is 0. The number of hydrogen-bond donors (Lipinski definition) is 1. The van der Waals surface area contributed by atoms with Crippen LogP contribution in [0, 0.1) is 23.3 Å². The summed E-state index contributed by atoms with van der Waals surface area (Å²) in [6.07, 6.45) is 0. The molecule has 1 aromatic carbocycles. The largest absolute Gasteiger partial charge is 0.331 e. The molecule has 1 aromatic rings. The van der Waals surface area contributed by atoms with Gasteiger partial charge in [0.25, 0.3) is 5.79 Å². The SMILES string of the molecule is CC(C)(F)C(F)(F)C(N)(F)c1cc(F)c(F)c(F)c1F. The predicted molar refractivity (Wildman–Crippen MR) is 53.4 cm³/mol. The van der Waals surface area contributed by atoms with E-state index in [2.05, 4.69) is 5.73 Å². The van der Waals surface area contributed by atoms with Crippen molar-refractivity contribution < 1.29 is 35.1 Å². The normalized spacial score (nSPS) is 16.1. The molecule has 9 heteroatoms. The van der Waals surface area contributed by atoms with Gasteiger partial charge in [-0.05, 0) is 19.9 Å². The van der Waals surface area contributed by atoms with Gasteiger partial charge in [0.2, 0.25) is 0 Å². The Bertz CT molecular complexity index is 532. The van der Waals surface area contributed by atoms with Crippen LogP contribution in [0.5, 0.6) is 0 Å². The first-order valence-electron chi connectivity index (χ1n) is 5.13. The van der Waals surface area contributed by atoms with Gasteiger partial charge in [0.15, 0.2) is 28.9 Å². The number of alkyl halides is 4. The molecule has 0 amide bonds. The second-order valence-electron chi connectivity index (χ2n) is 4.61. The lowest BCUT2D eigenvalue weighted by atomic mass is 9.88. The van der Waals surface area contributed by atoms with Gasteiger partial charge in [-0.3, -0.25) is 5.73 Å². The van der Waals surface area contributed by atoms with E-state index in [1.54, 1.807) is 0 Å². The fourth-order valence-corrected chi connectivity index (χ4v) is 1.44. The molecule has 1 rings (SSSR count). The summed E-state index contributed by atoms with van der Waals surface area (Å²) >= 11 is 0. The van der Waals surface area contributed by atoms with E-state index in [9.17, 15) is 35.1 Å². The van der Waals surface area contributed by atoms with E-state index in [0.717, 1.165) is 0 Å². The Morgan fingerprint density at radius 2 is 1.30 bits per heavy atom. The number of benzene rings is 1. The molecule has 0 spiro atoms. The summed E-state index contributed by atoms with van der Waals surface area (Å²) < 4.78 is 106. The second kappa shape index (κ2) is 4.57. The van der Waals surface area contributed by atoms with Crippen LogP contribution >= 0.6 is 0 Å². The van der Waals surface area contributed by atoms with Crippen molar-refractivity contribution in [1.82, 2.24) is 0 Å². The van der Waals surface area contributed by atoms with Gasteiger partial charge in [-0.1, -0.05) is 0 Å². The molecule has 0 bridgehead atoms. The summed E-state index contributed by atoms with van der Waals surface area (Å²) in [5.41, 5.74) is -1.06. The predicted octanol–water partition coefficient (Wildman–Crippen LogP) is 3.71. The minimum Gasteiger partial charge on any atom is -0.290 e. The van der Waals surface area contributed by atoms with Crippen LogP contribution in [0.25, 0.3) is 0 Å². The standard InChI is InChI=1S/C11H9F8N/c1-9(2,16)11(18,19)10(17,20)4-3-5(12)7(14)8(15)6(4)13/h3H,20H2,1-2H3. The summed E-state index contributed by atoms with van der Waals surface area (Å²) in [6, 6.07) is -0.382. The van der Waals surface area contributed by atoms with Crippen LogP contribution in [0.3, 0.4) is 0 Å². The van der Waals surface area contributed by atoms with E-state index < -0.39 is 46.2 Å². The lowest BCUT2D eigenvalue weighted by Gasteiger charge is -2.36. The molecule has 0 aliphatic heterocycles. The maximum absolute atomic E-state index is 13.9. The minimum atomic E-state index is -5.04. The van der Waals surface area contributed by atoms with Gasteiger partial charge >= 0.3 is 5.92 Å². The van der Waals surface area contributed by atoms with Crippen molar-refractivity contribution >= 4 is 0 Å². The van der Waals surface area contributed by atoms with Gasteiger partial charge in [-0.15, -0.1) is 0 Å². The Morgan fingerprint density at radius 3 is 1.70 bits per heavy atom. The molecular weight excluding hydrogens is 298 g/mol. The Labute approximate surface area is 108 Å². The zero-order valence-corrected chi connectivity index (χ0v) is 10.2. The summed E-state index contributed by atoms with van der Waals surface area (Å²) in [6.45, 7) is 0.477. The van der Waals surface area contributed by atoms with E-state index in [1.807, 2.05) is 0 Å². The molecule has 114 valence electrons. The Balaban J connectivity index is 3.60. The number of hydrogen-bond acceptors (Lipinski definition) is 1. The molecule has 0 radical (unpaired) electrons. The highest BCUT2D eigenvalue weighted by molar-refractivity contribution is 5.30.